The molecule has 0 spiro atoms. The van der Waals surface area contributed by atoms with Gasteiger partial charge >= 0.3 is 6.18 Å². The van der Waals surface area contributed by atoms with Gasteiger partial charge in [0.2, 0.25) is 0 Å². The third-order valence-corrected chi connectivity index (χ3v) is 3.89. The minimum Gasteiger partial charge on any atom is -0.256 e. The van der Waals surface area contributed by atoms with Gasteiger partial charge in [-0.15, -0.1) is 0 Å². The molecule has 2 aromatic rings. The second-order valence-electron chi connectivity index (χ2n) is 4.38. The predicted molar refractivity (Wildman–Crippen MR) is 66.6 cm³/mol. The molecule has 0 aliphatic heterocycles. The minimum absolute atomic E-state index is 0.0875. The molecule has 0 N–H and O–H groups in total. The van der Waals surface area contributed by atoms with E-state index in [9.17, 15) is 21.6 Å². The molecule has 114 valence electrons. The SMILES string of the molecule is Cn1cnc(CS(=O)(=O)Cc2cccc(C(F)(F)F)n2)n1. The van der Waals surface area contributed by atoms with Gasteiger partial charge in [0.25, 0.3) is 0 Å². The number of aryl methyl sites for hydroxylation is 1. The highest BCUT2D eigenvalue weighted by Crippen LogP contribution is 2.27. The van der Waals surface area contributed by atoms with E-state index in [1.165, 1.54) is 17.1 Å². The monoisotopic (exact) mass is 320 g/mol. The first-order chi connectivity index (χ1) is 9.66. The minimum atomic E-state index is -4.61. The van der Waals surface area contributed by atoms with E-state index < -0.39 is 33.2 Å². The van der Waals surface area contributed by atoms with Crippen LogP contribution >= 0.6 is 0 Å². The van der Waals surface area contributed by atoms with Gasteiger partial charge in [0, 0.05) is 7.05 Å². The van der Waals surface area contributed by atoms with Crippen LogP contribution in [0.4, 0.5) is 13.2 Å². The van der Waals surface area contributed by atoms with Gasteiger partial charge in [0.15, 0.2) is 15.7 Å². The molecule has 2 rings (SSSR count). The van der Waals surface area contributed by atoms with E-state index >= 15 is 0 Å². The number of nitrogens with zero attached hydrogens (tertiary/aromatic N) is 4. The van der Waals surface area contributed by atoms with Crippen LogP contribution in [-0.2, 0) is 34.6 Å². The van der Waals surface area contributed by atoms with Gasteiger partial charge in [-0.05, 0) is 12.1 Å². The summed E-state index contributed by atoms with van der Waals surface area (Å²) in [5.41, 5.74) is -1.29. The molecular formula is C11H11F3N4O2S. The maximum atomic E-state index is 12.5. The van der Waals surface area contributed by atoms with E-state index in [-0.39, 0.29) is 11.5 Å². The van der Waals surface area contributed by atoms with Crippen LogP contribution in [0.5, 0.6) is 0 Å². The van der Waals surface area contributed by atoms with Crippen molar-refractivity contribution < 1.29 is 21.6 Å². The van der Waals surface area contributed by atoms with Crippen molar-refractivity contribution in [2.75, 3.05) is 0 Å². The molecule has 0 bridgehead atoms. The first-order valence-electron chi connectivity index (χ1n) is 5.74. The number of hydrogen-bond acceptors (Lipinski definition) is 5. The van der Waals surface area contributed by atoms with Crippen LogP contribution in [0.15, 0.2) is 24.5 Å². The number of alkyl halides is 3. The largest absolute Gasteiger partial charge is 0.433 e. The Labute approximate surface area is 118 Å². The smallest absolute Gasteiger partial charge is 0.256 e. The van der Waals surface area contributed by atoms with Gasteiger partial charge in [0.05, 0.1) is 11.4 Å². The molecule has 0 radical (unpaired) electrons. The van der Waals surface area contributed by atoms with E-state index in [0.717, 1.165) is 12.1 Å². The van der Waals surface area contributed by atoms with E-state index in [1.807, 2.05) is 0 Å². The average molecular weight is 320 g/mol. The number of halogens is 3. The van der Waals surface area contributed by atoms with Crippen molar-refractivity contribution in [1.29, 1.82) is 0 Å². The zero-order chi connectivity index (χ0) is 15.7. The molecule has 0 amide bonds. The predicted octanol–water partition coefficient (Wildman–Crippen LogP) is 1.34. The first-order valence-corrected chi connectivity index (χ1v) is 7.56. The zero-order valence-electron chi connectivity index (χ0n) is 10.9. The molecule has 0 atom stereocenters. The molecule has 0 saturated carbocycles. The second kappa shape index (κ2) is 5.43. The van der Waals surface area contributed by atoms with Crippen LogP contribution in [0.2, 0.25) is 0 Å². The topological polar surface area (TPSA) is 77.7 Å². The number of rotatable bonds is 4. The summed E-state index contributed by atoms with van der Waals surface area (Å²) in [5, 5.41) is 3.82. The molecule has 0 unspecified atom stereocenters. The summed E-state index contributed by atoms with van der Waals surface area (Å²) < 4.78 is 62.7. The van der Waals surface area contributed by atoms with Gasteiger partial charge in [-0.3, -0.25) is 4.68 Å². The maximum Gasteiger partial charge on any atom is 0.433 e. The van der Waals surface area contributed by atoms with Crippen LogP contribution in [-0.4, -0.2) is 28.2 Å². The van der Waals surface area contributed by atoms with Crippen molar-refractivity contribution in [3.05, 3.63) is 41.7 Å². The summed E-state index contributed by atoms with van der Waals surface area (Å²) >= 11 is 0. The van der Waals surface area contributed by atoms with Crippen LogP contribution in [0.3, 0.4) is 0 Å². The van der Waals surface area contributed by atoms with E-state index in [4.69, 9.17) is 0 Å². The fraction of sp³-hybridized carbons (Fsp3) is 0.364. The van der Waals surface area contributed by atoms with Gasteiger partial charge < -0.3 is 0 Å². The number of hydrogen-bond donors (Lipinski definition) is 0. The lowest BCUT2D eigenvalue weighted by atomic mass is 10.3. The molecule has 0 aliphatic rings. The fourth-order valence-corrected chi connectivity index (χ4v) is 2.88. The zero-order valence-corrected chi connectivity index (χ0v) is 11.7. The Hall–Kier alpha value is -1.97. The van der Waals surface area contributed by atoms with Crippen LogP contribution in [0.25, 0.3) is 0 Å². The standard InChI is InChI=1S/C11H11F3N4O2S/c1-18-7-15-10(17-18)6-21(19,20)5-8-3-2-4-9(16-8)11(12,13)14/h2-4,7H,5-6H2,1H3. The highest BCUT2D eigenvalue weighted by Gasteiger charge is 2.32. The van der Waals surface area contributed by atoms with Gasteiger partial charge in [0.1, 0.15) is 17.8 Å². The third-order valence-electron chi connectivity index (χ3n) is 2.46. The molecule has 6 nitrogen and oxygen atoms in total. The van der Waals surface area contributed by atoms with E-state index in [1.54, 1.807) is 7.05 Å². The summed E-state index contributed by atoms with van der Waals surface area (Å²) in [7, 11) is -2.12. The van der Waals surface area contributed by atoms with Crippen molar-refractivity contribution >= 4 is 9.84 Å². The molecule has 0 aliphatic carbocycles. The molecular weight excluding hydrogens is 309 g/mol. The Morgan fingerprint density at radius 3 is 2.52 bits per heavy atom. The summed E-state index contributed by atoms with van der Waals surface area (Å²) in [4.78, 5) is 7.10. The van der Waals surface area contributed by atoms with Crippen molar-refractivity contribution in [3.63, 3.8) is 0 Å². The van der Waals surface area contributed by atoms with Gasteiger partial charge in [-0.1, -0.05) is 6.07 Å². The quantitative estimate of drug-likeness (QED) is 0.849. The summed E-state index contributed by atoms with van der Waals surface area (Å²) in [6, 6.07) is 3.15. The molecule has 10 heteroatoms. The van der Waals surface area contributed by atoms with Crippen molar-refractivity contribution in [2.45, 2.75) is 17.7 Å². The summed E-state index contributed by atoms with van der Waals surface area (Å²) in [6.45, 7) is 0. The van der Waals surface area contributed by atoms with Gasteiger partial charge in [-0.25, -0.2) is 18.4 Å². The lowest BCUT2D eigenvalue weighted by Crippen LogP contribution is -2.13. The van der Waals surface area contributed by atoms with E-state index in [0.29, 0.717) is 0 Å². The second-order valence-corrected chi connectivity index (χ2v) is 6.44. The Balaban J connectivity index is 2.17. The molecule has 2 heterocycles. The first kappa shape index (κ1) is 15.4. The lowest BCUT2D eigenvalue weighted by molar-refractivity contribution is -0.141. The van der Waals surface area contributed by atoms with E-state index in [2.05, 4.69) is 15.1 Å². The van der Waals surface area contributed by atoms with Crippen LogP contribution in [0.1, 0.15) is 17.2 Å². The normalized spacial score (nSPS) is 12.6. The molecule has 0 saturated heterocycles. The van der Waals surface area contributed by atoms with Crippen molar-refractivity contribution in [2.24, 2.45) is 7.05 Å². The highest BCUT2D eigenvalue weighted by atomic mass is 32.2. The highest BCUT2D eigenvalue weighted by molar-refractivity contribution is 7.89. The Kier molecular flexibility index (Phi) is 3.99. The Morgan fingerprint density at radius 2 is 1.95 bits per heavy atom. The van der Waals surface area contributed by atoms with Crippen LogP contribution < -0.4 is 0 Å². The molecule has 2 aromatic heterocycles. The number of pyridine rings is 1. The molecule has 0 aromatic carbocycles. The Bertz CT molecular complexity index is 740. The third kappa shape index (κ3) is 4.25. The van der Waals surface area contributed by atoms with Gasteiger partial charge in [-0.2, -0.15) is 18.3 Å². The molecule has 0 fully saturated rings. The van der Waals surface area contributed by atoms with Crippen LogP contribution in [0, 0.1) is 0 Å². The number of sulfone groups is 1. The lowest BCUT2D eigenvalue weighted by Gasteiger charge is -2.07. The number of aromatic nitrogens is 4. The fourth-order valence-electron chi connectivity index (χ4n) is 1.64. The van der Waals surface area contributed by atoms with Crippen molar-refractivity contribution in [1.82, 2.24) is 19.7 Å². The average Bonchev–Trinajstić information content (AvgIpc) is 2.72. The molecule has 21 heavy (non-hydrogen) atoms. The summed E-state index contributed by atoms with van der Waals surface area (Å²) in [5.74, 6) is -0.967. The summed E-state index contributed by atoms with van der Waals surface area (Å²) in [6.07, 6.45) is -3.27. The Morgan fingerprint density at radius 1 is 1.24 bits per heavy atom. The maximum absolute atomic E-state index is 12.5. The van der Waals surface area contributed by atoms with Crippen molar-refractivity contribution in [3.8, 4) is 0 Å².